The minimum absolute atomic E-state index is 0.113. The second kappa shape index (κ2) is 17.2. The zero-order valence-electron chi connectivity index (χ0n) is 28.5. The van der Waals surface area contributed by atoms with Crippen molar-refractivity contribution in [3.8, 4) is 0 Å². The van der Waals surface area contributed by atoms with E-state index in [1.54, 1.807) is 18.7 Å². The molecule has 2 heterocycles. The molecular weight excluding hydrogens is 632 g/mol. The maximum atomic E-state index is 13.9. The average Bonchev–Trinajstić information content (AvgIpc) is 3.48. The Morgan fingerprint density at radius 3 is 1.76 bits per heavy atom. The van der Waals surface area contributed by atoms with Gasteiger partial charge in [-0.25, -0.2) is 9.59 Å². The lowest BCUT2D eigenvalue weighted by atomic mass is 9.94. The zero-order valence-corrected chi connectivity index (χ0v) is 28.5. The minimum atomic E-state index is -0.658. The van der Waals surface area contributed by atoms with Crippen LogP contribution < -0.4 is 5.32 Å². The summed E-state index contributed by atoms with van der Waals surface area (Å²) in [5, 5.41) is 3.05. The lowest BCUT2D eigenvalue weighted by Crippen LogP contribution is -2.52. The van der Waals surface area contributed by atoms with Gasteiger partial charge in [0.15, 0.2) is 0 Å². The van der Waals surface area contributed by atoms with Crippen molar-refractivity contribution >= 4 is 12.0 Å². The van der Waals surface area contributed by atoms with Gasteiger partial charge in [-0.15, -0.1) is 0 Å². The second-order valence-corrected chi connectivity index (χ2v) is 12.4. The normalized spacial score (nSPS) is 22.0. The van der Waals surface area contributed by atoms with Crippen molar-refractivity contribution < 1.29 is 33.3 Å². The number of benzene rings is 4. The Balaban J connectivity index is 1.30. The van der Waals surface area contributed by atoms with Gasteiger partial charge < -0.3 is 29.0 Å². The highest BCUT2D eigenvalue weighted by Crippen LogP contribution is 2.35. The van der Waals surface area contributed by atoms with Gasteiger partial charge in [-0.2, -0.15) is 0 Å². The summed E-state index contributed by atoms with van der Waals surface area (Å²) in [6.07, 6.45) is -2.18. The number of carbonyl (C=O) groups is 2. The number of urea groups is 1. The molecule has 9 heteroatoms. The largest absolute Gasteiger partial charge is 0.463 e. The molecule has 0 aliphatic carbocycles. The van der Waals surface area contributed by atoms with Crippen LogP contribution >= 0.6 is 0 Å². The lowest BCUT2D eigenvalue weighted by Gasteiger charge is -2.37. The van der Waals surface area contributed by atoms with Gasteiger partial charge in [0, 0.05) is 5.70 Å². The third-order valence-corrected chi connectivity index (χ3v) is 8.96. The van der Waals surface area contributed by atoms with Gasteiger partial charge in [0.25, 0.3) is 0 Å². The molecule has 0 bridgehead atoms. The van der Waals surface area contributed by atoms with E-state index in [2.05, 4.69) is 5.32 Å². The van der Waals surface area contributed by atoms with E-state index in [0.717, 1.165) is 22.3 Å². The van der Waals surface area contributed by atoms with Crippen molar-refractivity contribution in [2.24, 2.45) is 0 Å². The average molecular weight is 677 g/mol. The molecule has 4 aromatic rings. The molecule has 0 unspecified atom stereocenters. The fourth-order valence-corrected chi connectivity index (χ4v) is 6.44. The molecule has 50 heavy (non-hydrogen) atoms. The molecule has 0 spiro atoms. The van der Waals surface area contributed by atoms with Crippen molar-refractivity contribution in [3.63, 3.8) is 0 Å². The van der Waals surface area contributed by atoms with E-state index in [0.29, 0.717) is 31.1 Å². The number of rotatable bonds is 15. The first-order valence-electron chi connectivity index (χ1n) is 17.1. The topological polar surface area (TPSA) is 95.6 Å². The van der Waals surface area contributed by atoms with Crippen LogP contribution in [0.3, 0.4) is 0 Å². The van der Waals surface area contributed by atoms with Crippen molar-refractivity contribution in [2.45, 2.75) is 64.1 Å². The van der Waals surface area contributed by atoms with Gasteiger partial charge in [0.05, 0.1) is 51.2 Å². The molecular formula is C41H44N2O7. The lowest BCUT2D eigenvalue weighted by molar-refractivity contribution is -0.139. The maximum Gasteiger partial charge on any atom is 0.338 e. The Kier molecular flexibility index (Phi) is 12.1. The Bertz CT molecular complexity index is 1700. The van der Waals surface area contributed by atoms with Crippen LogP contribution in [0.2, 0.25) is 0 Å². The molecule has 4 aromatic carbocycles. The quantitative estimate of drug-likeness (QED) is 0.139. The molecule has 1 fully saturated rings. The first-order chi connectivity index (χ1) is 24.5. The number of nitrogens with zero attached hydrogens (tertiary/aromatic N) is 1. The predicted molar refractivity (Wildman–Crippen MR) is 189 cm³/mol. The number of hydrogen-bond acceptors (Lipinski definition) is 7. The van der Waals surface area contributed by atoms with Crippen LogP contribution in [0.25, 0.3) is 0 Å². The number of hydrogen-bond donors (Lipinski definition) is 1. The smallest absolute Gasteiger partial charge is 0.338 e. The number of amides is 2. The van der Waals surface area contributed by atoms with Gasteiger partial charge in [0.2, 0.25) is 0 Å². The number of ether oxygens (including phenoxy) is 5. The highest BCUT2D eigenvalue weighted by atomic mass is 16.6. The van der Waals surface area contributed by atoms with E-state index in [9.17, 15) is 9.59 Å². The molecule has 5 atom stereocenters. The van der Waals surface area contributed by atoms with Crippen molar-refractivity contribution in [1.29, 1.82) is 0 Å². The van der Waals surface area contributed by atoms with Crippen LogP contribution in [-0.4, -0.2) is 61.1 Å². The van der Waals surface area contributed by atoms with Crippen molar-refractivity contribution in [1.82, 2.24) is 10.2 Å². The van der Waals surface area contributed by atoms with E-state index in [1.165, 1.54) is 0 Å². The molecule has 2 amide bonds. The molecule has 6 rings (SSSR count). The van der Waals surface area contributed by atoms with Crippen LogP contribution in [0, 0.1) is 0 Å². The van der Waals surface area contributed by atoms with E-state index in [1.807, 2.05) is 121 Å². The van der Waals surface area contributed by atoms with Crippen LogP contribution in [0.4, 0.5) is 4.79 Å². The first-order valence-corrected chi connectivity index (χ1v) is 17.1. The summed E-state index contributed by atoms with van der Waals surface area (Å²) in [5.74, 6) is -0.482. The fourth-order valence-electron chi connectivity index (χ4n) is 6.44. The van der Waals surface area contributed by atoms with Crippen LogP contribution in [0.1, 0.15) is 42.1 Å². The highest BCUT2D eigenvalue weighted by molar-refractivity contribution is 5.95. The number of carbonyl (C=O) groups excluding carboxylic acids is 2. The van der Waals surface area contributed by atoms with E-state index in [-0.39, 0.29) is 25.8 Å². The Morgan fingerprint density at radius 1 is 0.720 bits per heavy atom. The Morgan fingerprint density at radius 2 is 1.22 bits per heavy atom. The monoisotopic (exact) mass is 676 g/mol. The minimum Gasteiger partial charge on any atom is -0.463 e. The molecule has 260 valence electrons. The third-order valence-electron chi connectivity index (χ3n) is 8.96. The second-order valence-electron chi connectivity index (χ2n) is 12.4. The molecule has 0 radical (unpaired) electrons. The number of nitrogens with one attached hydrogen (secondary N) is 1. The van der Waals surface area contributed by atoms with Crippen LogP contribution in [-0.2, 0) is 48.3 Å². The predicted octanol–water partition coefficient (Wildman–Crippen LogP) is 6.75. The fraction of sp³-hybridized carbons (Fsp3) is 0.317. The van der Waals surface area contributed by atoms with Gasteiger partial charge in [-0.3, -0.25) is 4.90 Å². The molecule has 1 saturated heterocycles. The summed E-state index contributed by atoms with van der Waals surface area (Å²) in [6, 6.07) is 38.2. The van der Waals surface area contributed by atoms with Crippen molar-refractivity contribution in [3.05, 3.63) is 155 Å². The van der Waals surface area contributed by atoms with E-state index in [4.69, 9.17) is 23.7 Å². The summed E-state index contributed by atoms with van der Waals surface area (Å²) in [7, 11) is 0. The summed E-state index contributed by atoms with van der Waals surface area (Å²) in [5.41, 5.74) is 4.72. The summed E-state index contributed by atoms with van der Waals surface area (Å²) < 4.78 is 31.7. The van der Waals surface area contributed by atoms with Gasteiger partial charge in [-0.05, 0) is 36.1 Å². The SMILES string of the molecule is CCOC(=O)C1=C(C)N(C[C@@H]2O[C@H](COCc3ccccc3)[C@@H](OCc3ccccc3)[C@H]2OCc2ccccc2)C(=O)N[C@H]1c1ccccc1. The molecule has 0 saturated carbocycles. The summed E-state index contributed by atoms with van der Waals surface area (Å²) >= 11 is 0. The van der Waals surface area contributed by atoms with Gasteiger partial charge in [0.1, 0.15) is 24.4 Å². The molecule has 9 nitrogen and oxygen atoms in total. The molecule has 0 aromatic heterocycles. The summed E-state index contributed by atoms with van der Waals surface area (Å²) in [4.78, 5) is 28.8. The molecule has 2 aliphatic rings. The zero-order chi connectivity index (χ0) is 34.7. The molecule has 1 N–H and O–H groups in total. The first kappa shape index (κ1) is 35.0. The van der Waals surface area contributed by atoms with Gasteiger partial charge in [-0.1, -0.05) is 121 Å². The number of allylic oxidation sites excluding steroid dienone is 1. The van der Waals surface area contributed by atoms with Gasteiger partial charge >= 0.3 is 12.0 Å². The van der Waals surface area contributed by atoms with E-state index >= 15 is 0 Å². The third kappa shape index (κ3) is 8.67. The van der Waals surface area contributed by atoms with Crippen LogP contribution in [0.15, 0.2) is 133 Å². The summed E-state index contributed by atoms with van der Waals surface area (Å²) in [6.45, 7) is 5.18. The number of esters is 1. The standard InChI is InChI=1S/C41H44N2O7/c1-3-47-40(44)36-29(2)43(41(45)42-37(36)33-22-14-7-15-23-33)24-34-38(48-26-31-18-10-5-11-19-31)39(49-27-32-20-12-6-13-21-32)35(50-34)28-46-25-30-16-8-4-9-17-30/h4-23,34-35,37-39H,3,24-28H2,1-2H3,(H,42,45)/t34-,35+,37-,38-,39+/m0/s1. The maximum absolute atomic E-state index is 13.9. The van der Waals surface area contributed by atoms with E-state index < -0.39 is 36.4 Å². The Hall–Kier alpha value is -4.80. The van der Waals surface area contributed by atoms with Crippen LogP contribution in [0.5, 0.6) is 0 Å². The molecule has 2 aliphatic heterocycles. The van der Waals surface area contributed by atoms with Crippen molar-refractivity contribution in [2.75, 3.05) is 19.8 Å². The Labute approximate surface area is 293 Å². The highest BCUT2D eigenvalue weighted by Gasteiger charge is 2.48.